The van der Waals surface area contributed by atoms with Crippen LogP contribution < -0.4 is 25.2 Å². The van der Waals surface area contributed by atoms with E-state index < -0.39 is 0 Å². The maximum absolute atomic E-state index is 13.1. The standard InChI is InChI=1S/C24H29N5O4/c1-4-29-21-19(8-5-11-25-21)27-22(24(29)31)28-12-6-7-16(15-28)23(30)26-14-17-13-18(32-2)9-10-20(17)33-3/h5,8-11,13,16H,4,6-7,12,14-15H2,1-3H3,(H,26,30)/t16-/m0/s1. The molecule has 174 valence electrons. The number of carbonyl (C=O) groups is 1. The number of anilines is 1. The van der Waals surface area contributed by atoms with Gasteiger partial charge in [-0.1, -0.05) is 0 Å². The second-order valence-corrected chi connectivity index (χ2v) is 8.01. The van der Waals surface area contributed by atoms with Crippen LogP contribution in [-0.4, -0.2) is 47.8 Å². The number of hydrogen-bond acceptors (Lipinski definition) is 7. The Labute approximate surface area is 192 Å². The molecule has 4 rings (SSSR count). The molecule has 9 heteroatoms. The van der Waals surface area contributed by atoms with Crippen LogP contribution in [0.15, 0.2) is 41.3 Å². The quantitative estimate of drug-likeness (QED) is 0.589. The fraction of sp³-hybridized carbons (Fsp3) is 0.417. The van der Waals surface area contributed by atoms with Gasteiger partial charge in [-0.2, -0.15) is 0 Å². The molecule has 9 nitrogen and oxygen atoms in total. The number of piperidine rings is 1. The fourth-order valence-corrected chi connectivity index (χ4v) is 4.29. The summed E-state index contributed by atoms with van der Waals surface area (Å²) in [5.74, 6) is 1.48. The molecular weight excluding hydrogens is 422 g/mol. The Morgan fingerprint density at radius 2 is 2.09 bits per heavy atom. The summed E-state index contributed by atoms with van der Waals surface area (Å²) in [7, 11) is 3.20. The third-order valence-electron chi connectivity index (χ3n) is 6.03. The number of amides is 1. The fourth-order valence-electron chi connectivity index (χ4n) is 4.29. The molecule has 3 heterocycles. The Kier molecular flexibility index (Phi) is 6.76. The second-order valence-electron chi connectivity index (χ2n) is 8.01. The van der Waals surface area contributed by atoms with Crippen molar-refractivity contribution in [1.82, 2.24) is 19.9 Å². The number of carbonyl (C=O) groups excluding carboxylic acids is 1. The molecule has 3 aromatic rings. The van der Waals surface area contributed by atoms with Crippen molar-refractivity contribution in [2.45, 2.75) is 32.9 Å². The van der Waals surface area contributed by atoms with Gasteiger partial charge in [0.05, 0.1) is 20.1 Å². The molecule has 0 bridgehead atoms. The van der Waals surface area contributed by atoms with E-state index >= 15 is 0 Å². The van der Waals surface area contributed by atoms with Gasteiger partial charge >= 0.3 is 0 Å². The zero-order valence-corrected chi connectivity index (χ0v) is 19.2. The Balaban J connectivity index is 1.51. The summed E-state index contributed by atoms with van der Waals surface area (Å²) in [6.45, 7) is 3.88. The average molecular weight is 452 g/mol. The van der Waals surface area contributed by atoms with Crippen LogP contribution in [0.2, 0.25) is 0 Å². The molecule has 1 saturated heterocycles. The van der Waals surface area contributed by atoms with Crippen LogP contribution in [-0.2, 0) is 17.9 Å². The SMILES string of the molecule is CCn1c(=O)c(N2CCC[C@H](C(=O)NCc3cc(OC)ccc3OC)C2)nc2cccnc21. The first kappa shape index (κ1) is 22.6. The Bertz CT molecular complexity index is 1210. The Morgan fingerprint density at radius 1 is 1.24 bits per heavy atom. The number of nitrogens with one attached hydrogen (secondary N) is 1. The van der Waals surface area contributed by atoms with Crippen molar-refractivity contribution in [3.63, 3.8) is 0 Å². The van der Waals surface area contributed by atoms with Gasteiger partial charge in [0, 0.05) is 37.9 Å². The summed E-state index contributed by atoms with van der Waals surface area (Å²) in [5.41, 5.74) is 1.91. The third kappa shape index (κ3) is 4.62. The minimum atomic E-state index is -0.240. The van der Waals surface area contributed by atoms with Crippen LogP contribution in [0.3, 0.4) is 0 Å². The molecule has 0 unspecified atom stereocenters. The average Bonchev–Trinajstić information content (AvgIpc) is 2.86. The summed E-state index contributed by atoms with van der Waals surface area (Å²) in [6.07, 6.45) is 3.22. The molecule has 1 aromatic carbocycles. The van der Waals surface area contributed by atoms with Crippen molar-refractivity contribution in [3.05, 3.63) is 52.4 Å². The molecule has 1 atom stereocenters. The molecule has 0 spiro atoms. The predicted octanol–water partition coefficient (Wildman–Crippen LogP) is 2.36. The highest BCUT2D eigenvalue weighted by Gasteiger charge is 2.28. The van der Waals surface area contributed by atoms with Gasteiger partial charge in [-0.3, -0.25) is 14.2 Å². The van der Waals surface area contributed by atoms with E-state index in [0.29, 0.717) is 54.7 Å². The normalized spacial score (nSPS) is 16.0. The van der Waals surface area contributed by atoms with Gasteiger partial charge in [0.2, 0.25) is 5.91 Å². The van der Waals surface area contributed by atoms with Crippen LogP contribution in [0.5, 0.6) is 11.5 Å². The van der Waals surface area contributed by atoms with Gasteiger partial charge in [0.1, 0.15) is 17.0 Å². The lowest BCUT2D eigenvalue weighted by atomic mass is 9.97. The molecule has 0 saturated carbocycles. The highest BCUT2D eigenvalue weighted by Crippen LogP contribution is 2.25. The van der Waals surface area contributed by atoms with E-state index in [4.69, 9.17) is 9.47 Å². The number of aryl methyl sites for hydroxylation is 1. The van der Waals surface area contributed by atoms with E-state index in [1.165, 1.54) is 0 Å². The molecule has 0 radical (unpaired) electrons. The molecule has 1 aliphatic rings. The van der Waals surface area contributed by atoms with Crippen LogP contribution >= 0.6 is 0 Å². The van der Waals surface area contributed by atoms with Crippen molar-refractivity contribution in [2.24, 2.45) is 5.92 Å². The summed E-state index contributed by atoms with van der Waals surface area (Å²) < 4.78 is 12.3. The number of pyridine rings is 1. The minimum absolute atomic E-state index is 0.0529. The summed E-state index contributed by atoms with van der Waals surface area (Å²) in [5, 5.41) is 3.02. The monoisotopic (exact) mass is 451 g/mol. The molecule has 1 N–H and O–H groups in total. The van der Waals surface area contributed by atoms with Gasteiger partial charge in [0.15, 0.2) is 11.5 Å². The predicted molar refractivity (Wildman–Crippen MR) is 126 cm³/mol. The molecule has 33 heavy (non-hydrogen) atoms. The number of rotatable bonds is 7. The maximum Gasteiger partial charge on any atom is 0.295 e. The van der Waals surface area contributed by atoms with E-state index in [-0.39, 0.29) is 17.4 Å². The number of benzene rings is 1. The number of methoxy groups -OCH3 is 2. The molecular formula is C24H29N5O4. The number of aromatic nitrogens is 3. The first-order valence-corrected chi connectivity index (χ1v) is 11.1. The van der Waals surface area contributed by atoms with E-state index in [9.17, 15) is 9.59 Å². The van der Waals surface area contributed by atoms with Crippen molar-refractivity contribution in [2.75, 3.05) is 32.2 Å². The largest absolute Gasteiger partial charge is 0.497 e. The first-order chi connectivity index (χ1) is 16.0. The first-order valence-electron chi connectivity index (χ1n) is 11.1. The van der Waals surface area contributed by atoms with Crippen molar-refractivity contribution >= 4 is 22.9 Å². The summed E-state index contributed by atoms with van der Waals surface area (Å²) in [6, 6.07) is 9.16. The molecule has 1 amide bonds. The zero-order chi connectivity index (χ0) is 23.4. The van der Waals surface area contributed by atoms with Gasteiger partial charge < -0.3 is 19.7 Å². The highest BCUT2D eigenvalue weighted by atomic mass is 16.5. The summed E-state index contributed by atoms with van der Waals surface area (Å²) in [4.78, 5) is 37.0. The van der Waals surface area contributed by atoms with E-state index in [2.05, 4.69) is 15.3 Å². The van der Waals surface area contributed by atoms with Crippen LogP contribution in [0.1, 0.15) is 25.3 Å². The van der Waals surface area contributed by atoms with Crippen molar-refractivity contribution in [1.29, 1.82) is 0 Å². The van der Waals surface area contributed by atoms with Gasteiger partial charge in [-0.05, 0) is 50.1 Å². The van der Waals surface area contributed by atoms with Crippen molar-refractivity contribution in [3.8, 4) is 11.5 Å². The summed E-state index contributed by atoms with van der Waals surface area (Å²) >= 11 is 0. The molecule has 0 aliphatic carbocycles. The smallest absolute Gasteiger partial charge is 0.295 e. The minimum Gasteiger partial charge on any atom is -0.497 e. The van der Waals surface area contributed by atoms with Gasteiger partial charge in [-0.25, -0.2) is 9.97 Å². The van der Waals surface area contributed by atoms with E-state index in [1.54, 1.807) is 25.0 Å². The lowest BCUT2D eigenvalue weighted by Crippen LogP contribution is -2.45. The van der Waals surface area contributed by atoms with Crippen LogP contribution in [0.4, 0.5) is 5.82 Å². The number of hydrogen-bond donors (Lipinski definition) is 1. The molecule has 1 fully saturated rings. The zero-order valence-electron chi connectivity index (χ0n) is 19.2. The van der Waals surface area contributed by atoms with Gasteiger partial charge in [0.25, 0.3) is 5.56 Å². The Hall–Kier alpha value is -3.62. The Morgan fingerprint density at radius 3 is 2.85 bits per heavy atom. The topological polar surface area (TPSA) is 98.6 Å². The van der Waals surface area contributed by atoms with Crippen molar-refractivity contribution < 1.29 is 14.3 Å². The maximum atomic E-state index is 13.1. The van der Waals surface area contributed by atoms with Gasteiger partial charge in [-0.15, -0.1) is 0 Å². The third-order valence-corrected chi connectivity index (χ3v) is 6.03. The highest BCUT2D eigenvalue weighted by molar-refractivity contribution is 5.80. The lowest BCUT2D eigenvalue weighted by Gasteiger charge is -2.32. The van der Waals surface area contributed by atoms with E-state index in [0.717, 1.165) is 18.4 Å². The molecule has 1 aliphatic heterocycles. The van der Waals surface area contributed by atoms with Crippen LogP contribution in [0.25, 0.3) is 11.2 Å². The number of nitrogens with zero attached hydrogens (tertiary/aromatic N) is 4. The lowest BCUT2D eigenvalue weighted by molar-refractivity contribution is -0.125. The second kappa shape index (κ2) is 9.89. The number of ether oxygens (including phenoxy) is 2. The van der Waals surface area contributed by atoms with E-state index in [1.807, 2.05) is 42.2 Å². The number of fused-ring (bicyclic) bond motifs is 1. The molecule has 2 aromatic heterocycles. The van der Waals surface area contributed by atoms with Crippen LogP contribution in [0, 0.1) is 5.92 Å².